The summed E-state index contributed by atoms with van der Waals surface area (Å²) in [6.07, 6.45) is 8.95. The number of pyridine rings is 1. The first-order chi connectivity index (χ1) is 10.8. The number of para-hydroxylation sites is 2. The zero-order chi connectivity index (χ0) is 15.1. The SMILES string of the molecule is N=C/C=C\c1cc2c(n3c1nc1ccccc13)=CCCC=2Cl. The van der Waals surface area contributed by atoms with Crippen molar-refractivity contribution in [3.63, 3.8) is 0 Å². The first kappa shape index (κ1) is 13.3. The lowest BCUT2D eigenvalue weighted by Crippen LogP contribution is -2.35. The smallest absolute Gasteiger partial charge is 0.145 e. The highest BCUT2D eigenvalue weighted by atomic mass is 35.5. The van der Waals surface area contributed by atoms with Crippen LogP contribution in [-0.2, 0) is 0 Å². The Morgan fingerprint density at radius 2 is 2.14 bits per heavy atom. The summed E-state index contributed by atoms with van der Waals surface area (Å²) in [6, 6.07) is 10.2. The van der Waals surface area contributed by atoms with Crippen LogP contribution in [0.15, 0.2) is 36.4 Å². The molecule has 4 heteroatoms. The summed E-state index contributed by atoms with van der Waals surface area (Å²) < 4.78 is 2.18. The number of nitrogens with one attached hydrogen (secondary N) is 1. The van der Waals surface area contributed by atoms with Gasteiger partial charge >= 0.3 is 0 Å². The Bertz CT molecular complexity index is 1060. The number of nitrogens with zero attached hydrogens (tertiary/aromatic N) is 2. The van der Waals surface area contributed by atoms with Crippen LogP contribution in [0, 0.1) is 5.41 Å². The van der Waals surface area contributed by atoms with Crippen LogP contribution in [0.1, 0.15) is 18.4 Å². The highest BCUT2D eigenvalue weighted by Gasteiger charge is 2.12. The predicted molar refractivity (Wildman–Crippen MR) is 92.7 cm³/mol. The Labute approximate surface area is 132 Å². The average molecular weight is 308 g/mol. The highest BCUT2D eigenvalue weighted by Crippen LogP contribution is 2.19. The van der Waals surface area contributed by atoms with Gasteiger partial charge in [0, 0.05) is 22.0 Å². The number of aromatic nitrogens is 2. The molecule has 1 aromatic carbocycles. The van der Waals surface area contributed by atoms with Crippen LogP contribution in [0.2, 0.25) is 0 Å². The minimum atomic E-state index is 0.875. The molecule has 108 valence electrons. The molecule has 1 aliphatic carbocycles. The number of rotatable bonds is 2. The van der Waals surface area contributed by atoms with Gasteiger partial charge in [-0.05, 0) is 43.2 Å². The molecule has 0 aliphatic heterocycles. The van der Waals surface area contributed by atoms with E-state index in [2.05, 4.69) is 22.6 Å². The highest BCUT2D eigenvalue weighted by molar-refractivity contribution is 6.45. The molecule has 0 atom stereocenters. The van der Waals surface area contributed by atoms with Gasteiger partial charge in [0.15, 0.2) is 0 Å². The molecule has 2 aromatic heterocycles. The molecule has 1 aliphatic rings. The van der Waals surface area contributed by atoms with Crippen molar-refractivity contribution >= 4 is 51.7 Å². The fraction of sp³-hybridized carbons (Fsp3) is 0.111. The van der Waals surface area contributed by atoms with E-state index in [0.29, 0.717) is 0 Å². The first-order valence-electron chi connectivity index (χ1n) is 7.26. The van der Waals surface area contributed by atoms with Crippen molar-refractivity contribution in [3.05, 3.63) is 52.5 Å². The summed E-state index contributed by atoms with van der Waals surface area (Å²) in [7, 11) is 0. The Morgan fingerprint density at radius 3 is 3.00 bits per heavy atom. The van der Waals surface area contributed by atoms with Crippen molar-refractivity contribution in [2.75, 3.05) is 0 Å². The molecule has 0 bridgehead atoms. The van der Waals surface area contributed by atoms with Crippen LogP contribution in [0.5, 0.6) is 0 Å². The maximum absolute atomic E-state index is 7.22. The van der Waals surface area contributed by atoms with Gasteiger partial charge in [-0.2, -0.15) is 0 Å². The Hall–Kier alpha value is -2.39. The number of imidazole rings is 1. The number of allylic oxidation sites excluding steroid dienone is 1. The summed E-state index contributed by atoms with van der Waals surface area (Å²) in [5, 5.41) is 10.3. The van der Waals surface area contributed by atoms with Gasteiger partial charge in [-0.1, -0.05) is 29.8 Å². The molecular weight excluding hydrogens is 294 g/mol. The minimum absolute atomic E-state index is 0.875. The fourth-order valence-corrected chi connectivity index (χ4v) is 3.30. The van der Waals surface area contributed by atoms with Gasteiger partial charge in [-0.15, -0.1) is 0 Å². The van der Waals surface area contributed by atoms with E-state index in [1.165, 1.54) is 6.21 Å². The minimum Gasteiger partial charge on any atom is -0.309 e. The van der Waals surface area contributed by atoms with Gasteiger partial charge in [0.2, 0.25) is 0 Å². The topological polar surface area (TPSA) is 41.2 Å². The van der Waals surface area contributed by atoms with Crippen molar-refractivity contribution in [3.8, 4) is 0 Å². The molecule has 0 unspecified atom stereocenters. The lowest BCUT2D eigenvalue weighted by Gasteiger charge is -2.09. The van der Waals surface area contributed by atoms with Crippen molar-refractivity contribution in [1.82, 2.24) is 9.38 Å². The zero-order valence-corrected chi connectivity index (χ0v) is 12.6. The normalized spacial score (nSPS) is 14.5. The van der Waals surface area contributed by atoms with Crippen molar-refractivity contribution in [1.29, 1.82) is 5.41 Å². The molecule has 0 saturated heterocycles. The molecule has 4 rings (SSSR count). The van der Waals surface area contributed by atoms with Crippen LogP contribution >= 0.6 is 11.6 Å². The quantitative estimate of drug-likeness (QED) is 0.726. The first-order valence-corrected chi connectivity index (χ1v) is 7.63. The lowest BCUT2D eigenvalue weighted by atomic mass is 10.1. The molecule has 3 nitrogen and oxygen atoms in total. The van der Waals surface area contributed by atoms with Gasteiger partial charge < -0.3 is 5.41 Å². The van der Waals surface area contributed by atoms with Gasteiger partial charge in [0.1, 0.15) is 5.65 Å². The van der Waals surface area contributed by atoms with Crippen LogP contribution in [0.4, 0.5) is 0 Å². The molecule has 0 spiro atoms. The molecule has 3 aromatic rings. The maximum Gasteiger partial charge on any atom is 0.145 e. The molecule has 0 saturated carbocycles. The van der Waals surface area contributed by atoms with Crippen molar-refractivity contribution < 1.29 is 0 Å². The third-order valence-electron chi connectivity index (χ3n) is 4.00. The van der Waals surface area contributed by atoms with Crippen LogP contribution in [-0.4, -0.2) is 15.6 Å². The second kappa shape index (κ2) is 5.11. The third kappa shape index (κ3) is 1.90. The van der Waals surface area contributed by atoms with E-state index in [1.807, 2.05) is 24.3 Å². The van der Waals surface area contributed by atoms with E-state index >= 15 is 0 Å². The average Bonchev–Trinajstić information content (AvgIpc) is 2.93. The summed E-state index contributed by atoms with van der Waals surface area (Å²) in [6.45, 7) is 0. The van der Waals surface area contributed by atoms with Gasteiger partial charge in [0.25, 0.3) is 0 Å². The van der Waals surface area contributed by atoms with Crippen LogP contribution < -0.4 is 10.6 Å². The van der Waals surface area contributed by atoms with Crippen LogP contribution in [0.3, 0.4) is 0 Å². The number of fused-ring (bicyclic) bond motifs is 5. The Morgan fingerprint density at radius 1 is 1.27 bits per heavy atom. The van der Waals surface area contributed by atoms with E-state index in [9.17, 15) is 0 Å². The zero-order valence-electron chi connectivity index (χ0n) is 11.9. The van der Waals surface area contributed by atoms with E-state index in [4.69, 9.17) is 22.0 Å². The van der Waals surface area contributed by atoms with Gasteiger partial charge in [-0.25, -0.2) is 4.98 Å². The second-order valence-electron chi connectivity index (χ2n) is 5.33. The van der Waals surface area contributed by atoms with Crippen molar-refractivity contribution in [2.45, 2.75) is 12.8 Å². The maximum atomic E-state index is 7.22. The summed E-state index contributed by atoms with van der Waals surface area (Å²) in [5.41, 5.74) is 3.93. The molecule has 0 radical (unpaired) electrons. The molecule has 0 amide bonds. The summed E-state index contributed by atoms with van der Waals surface area (Å²) in [4.78, 5) is 4.77. The molecule has 2 heterocycles. The number of hydrogen-bond donors (Lipinski definition) is 1. The molecule has 1 N–H and O–H groups in total. The standard InChI is InChI=1S/C18H14ClN3/c19-14-6-3-9-16-13(14)11-12(5-4-10-20)18-21-15-7-1-2-8-17(15)22(16)18/h1-2,4-5,7-11,20H,3,6H2/b5-4-,20-10?. The van der Waals surface area contributed by atoms with E-state index in [-0.39, 0.29) is 0 Å². The monoisotopic (exact) mass is 307 g/mol. The summed E-state index contributed by atoms with van der Waals surface area (Å²) in [5.74, 6) is 0. The summed E-state index contributed by atoms with van der Waals surface area (Å²) >= 11 is 6.47. The van der Waals surface area contributed by atoms with E-state index in [0.717, 1.165) is 50.7 Å². The third-order valence-corrected chi connectivity index (χ3v) is 4.39. The van der Waals surface area contributed by atoms with Gasteiger partial charge in [-0.3, -0.25) is 4.40 Å². The molecule has 0 fully saturated rings. The number of halogens is 1. The van der Waals surface area contributed by atoms with E-state index in [1.54, 1.807) is 6.08 Å². The predicted octanol–water partition coefficient (Wildman–Crippen LogP) is 3.07. The van der Waals surface area contributed by atoms with Crippen LogP contribution in [0.25, 0.3) is 33.9 Å². The number of benzene rings is 1. The number of hydrogen-bond acceptors (Lipinski definition) is 2. The largest absolute Gasteiger partial charge is 0.309 e. The fourth-order valence-electron chi connectivity index (χ4n) is 3.04. The lowest BCUT2D eigenvalue weighted by molar-refractivity contribution is 1.04. The Kier molecular flexibility index (Phi) is 3.09. The molecular formula is C18H14ClN3. The molecule has 22 heavy (non-hydrogen) atoms. The van der Waals surface area contributed by atoms with E-state index < -0.39 is 0 Å². The van der Waals surface area contributed by atoms with Gasteiger partial charge in [0.05, 0.1) is 16.4 Å². The Balaban J connectivity index is 2.30. The van der Waals surface area contributed by atoms with Crippen molar-refractivity contribution in [2.24, 2.45) is 0 Å². The second-order valence-corrected chi connectivity index (χ2v) is 5.79.